The van der Waals surface area contributed by atoms with Gasteiger partial charge in [0.05, 0.1) is 40.0 Å². The van der Waals surface area contributed by atoms with Gasteiger partial charge in [-0.15, -0.1) is 11.3 Å². The number of nitrogens with one attached hydrogen (secondary N) is 3. The number of imidazole rings is 1. The summed E-state index contributed by atoms with van der Waals surface area (Å²) in [7, 11) is 0. The largest absolute Gasteiger partial charge is 0.337 e. The van der Waals surface area contributed by atoms with Crippen LogP contribution in [-0.4, -0.2) is 36.0 Å². The van der Waals surface area contributed by atoms with Gasteiger partial charge in [0.15, 0.2) is 11.6 Å². The highest BCUT2D eigenvalue weighted by molar-refractivity contribution is 7.13. The minimum atomic E-state index is -0.566. The summed E-state index contributed by atoms with van der Waals surface area (Å²) in [4.78, 5) is 30.3. The van der Waals surface area contributed by atoms with Crippen LogP contribution < -0.4 is 5.32 Å². The maximum atomic E-state index is 16.1. The van der Waals surface area contributed by atoms with Gasteiger partial charge >= 0.3 is 0 Å². The highest BCUT2D eigenvalue weighted by atomic mass is 32.1. The molecule has 0 saturated heterocycles. The maximum absolute atomic E-state index is 16.1. The van der Waals surface area contributed by atoms with Crippen LogP contribution >= 0.6 is 11.3 Å². The van der Waals surface area contributed by atoms with E-state index >= 15 is 4.39 Å². The molecule has 0 fully saturated rings. The van der Waals surface area contributed by atoms with Gasteiger partial charge in [0, 0.05) is 27.8 Å². The molecule has 0 atom stereocenters. The molecule has 0 saturated carbocycles. The number of carbonyl (C=O) groups excluding carboxylic acids is 1. The number of halogens is 1. The fourth-order valence-corrected chi connectivity index (χ4v) is 5.31. The number of nitrogens with zero attached hydrogens (tertiary/aromatic N) is 4. The number of hydrogen-bond donors (Lipinski definition) is 3. The van der Waals surface area contributed by atoms with Gasteiger partial charge in [0.1, 0.15) is 11.4 Å². The van der Waals surface area contributed by atoms with Crippen molar-refractivity contribution in [3.05, 3.63) is 102 Å². The van der Waals surface area contributed by atoms with E-state index in [4.69, 9.17) is 4.98 Å². The van der Waals surface area contributed by atoms with Gasteiger partial charge in [0.2, 0.25) is 0 Å². The molecule has 0 bridgehead atoms. The number of fused-ring (bicyclic) bond motifs is 2. The number of rotatable bonds is 5. The number of aromatic amines is 2. The second kappa shape index (κ2) is 9.26. The van der Waals surface area contributed by atoms with Crippen LogP contribution in [0.2, 0.25) is 0 Å². The molecule has 0 aliphatic rings. The monoisotopic (exact) mass is 531 g/mol. The normalized spacial score (nSPS) is 11.3. The molecule has 0 unspecified atom stereocenters. The van der Waals surface area contributed by atoms with Crippen molar-refractivity contribution in [1.29, 1.82) is 0 Å². The lowest BCUT2D eigenvalue weighted by Gasteiger charge is -2.08. The van der Waals surface area contributed by atoms with E-state index in [9.17, 15) is 4.79 Å². The Kier molecular flexibility index (Phi) is 5.45. The van der Waals surface area contributed by atoms with Crippen LogP contribution in [0.4, 0.5) is 10.1 Å². The van der Waals surface area contributed by atoms with Crippen molar-refractivity contribution in [2.75, 3.05) is 5.32 Å². The number of H-pyrrole nitrogens is 2. The molecule has 0 aliphatic heterocycles. The van der Waals surface area contributed by atoms with Crippen LogP contribution in [0.5, 0.6) is 0 Å². The summed E-state index contributed by atoms with van der Waals surface area (Å²) in [6, 6.07) is 20.4. The van der Waals surface area contributed by atoms with Crippen LogP contribution in [0.25, 0.3) is 55.2 Å². The first-order valence-electron chi connectivity index (χ1n) is 12.0. The van der Waals surface area contributed by atoms with Crippen molar-refractivity contribution in [1.82, 2.24) is 30.1 Å². The van der Waals surface area contributed by atoms with E-state index in [0.717, 1.165) is 21.5 Å². The minimum Gasteiger partial charge on any atom is -0.337 e. The first-order valence-corrected chi connectivity index (χ1v) is 12.9. The Balaban J connectivity index is 1.29. The van der Waals surface area contributed by atoms with Crippen molar-refractivity contribution < 1.29 is 9.18 Å². The van der Waals surface area contributed by atoms with Crippen LogP contribution in [-0.2, 0) is 0 Å². The molecule has 7 rings (SSSR count). The summed E-state index contributed by atoms with van der Waals surface area (Å²) >= 11 is 1.63. The zero-order chi connectivity index (χ0) is 26.3. The SMILES string of the molecule is O=C(Nc1cncc(-c2ncc3[nH]nc(-c4nc5c(-c6cccs6)cccc5[nH]4)c3c2F)c1)c1ccccc1. The van der Waals surface area contributed by atoms with Crippen LogP contribution in [0.15, 0.2) is 90.7 Å². The van der Waals surface area contributed by atoms with Crippen LogP contribution in [0.3, 0.4) is 0 Å². The molecule has 0 aliphatic carbocycles. The van der Waals surface area contributed by atoms with Crippen molar-refractivity contribution in [2.24, 2.45) is 0 Å². The first-order chi connectivity index (χ1) is 19.2. The topological polar surface area (TPSA) is 112 Å². The molecule has 5 aromatic heterocycles. The molecule has 188 valence electrons. The van der Waals surface area contributed by atoms with E-state index in [1.54, 1.807) is 41.7 Å². The average molecular weight is 532 g/mol. The molecule has 7 aromatic rings. The number of aromatic nitrogens is 6. The Hall–Kier alpha value is -5.22. The predicted octanol–water partition coefficient (Wildman–Crippen LogP) is 6.68. The quantitative estimate of drug-likeness (QED) is 0.229. The molecule has 5 heterocycles. The van der Waals surface area contributed by atoms with E-state index in [0.29, 0.717) is 33.8 Å². The molecule has 8 nitrogen and oxygen atoms in total. The lowest BCUT2D eigenvalue weighted by atomic mass is 10.1. The van der Waals surface area contributed by atoms with E-state index < -0.39 is 5.82 Å². The highest BCUT2D eigenvalue weighted by Crippen LogP contribution is 2.35. The first kappa shape index (κ1) is 22.9. The second-order valence-electron chi connectivity index (χ2n) is 8.83. The Morgan fingerprint density at radius 2 is 1.82 bits per heavy atom. The lowest BCUT2D eigenvalue weighted by Crippen LogP contribution is -2.11. The van der Waals surface area contributed by atoms with Gasteiger partial charge in [-0.05, 0) is 35.7 Å². The zero-order valence-corrected chi connectivity index (χ0v) is 21.0. The van der Waals surface area contributed by atoms with Crippen molar-refractivity contribution in [2.45, 2.75) is 0 Å². The third-order valence-corrected chi connectivity index (χ3v) is 7.28. The van der Waals surface area contributed by atoms with Crippen LogP contribution in [0, 0.1) is 5.82 Å². The number of amides is 1. The summed E-state index contributed by atoms with van der Waals surface area (Å²) in [5.41, 5.74) is 4.82. The van der Waals surface area contributed by atoms with E-state index in [2.05, 4.69) is 30.5 Å². The molecule has 3 N–H and O–H groups in total. The molecule has 39 heavy (non-hydrogen) atoms. The number of thiophene rings is 1. The van der Waals surface area contributed by atoms with Gasteiger partial charge in [-0.1, -0.05) is 36.4 Å². The maximum Gasteiger partial charge on any atom is 0.255 e. The number of pyridine rings is 2. The Bertz CT molecular complexity index is 1980. The highest BCUT2D eigenvalue weighted by Gasteiger charge is 2.21. The molecular weight excluding hydrogens is 513 g/mol. The Morgan fingerprint density at radius 3 is 2.67 bits per heavy atom. The molecule has 2 aromatic carbocycles. The number of carbonyl (C=O) groups is 1. The smallest absolute Gasteiger partial charge is 0.255 e. The Morgan fingerprint density at radius 1 is 0.923 bits per heavy atom. The Labute approximate surface area is 224 Å². The summed E-state index contributed by atoms with van der Waals surface area (Å²) in [5.74, 6) is -0.413. The number of para-hydroxylation sites is 1. The summed E-state index contributed by atoms with van der Waals surface area (Å²) in [5, 5.41) is 12.3. The minimum absolute atomic E-state index is 0.0869. The standard InChI is InChI=1S/C29H18FN7OS/c30-24-23-21(15-32-25(24)17-12-18(14-31-13-17)33-29(38)16-6-2-1-3-7-16)36-37-27(23)28-34-20-9-4-8-19(26(20)35-28)22-10-5-11-39-22/h1-15H,(H,33,38)(H,34,35)(H,36,37). The predicted molar refractivity (Wildman–Crippen MR) is 150 cm³/mol. The summed E-state index contributed by atoms with van der Waals surface area (Å²) < 4.78 is 16.1. The van der Waals surface area contributed by atoms with Gasteiger partial charge in [0.25, 0.3) is 5.91 Å². The number of hydrogen-bond acceptors (Lipinski definition) is 6. The fraction of sp³-hybridized carbons (Fsp3) is 0. The molecule has 0 radical (unpaired) electrons. The van der Waals surface area contributed by atoms with Crippen molar-refractivity contribution >= 4 is 44.9 Å². The van der Waals surface area contributed by atoms with Gasteiger partial charge in [-0.3, -0.25) is 19.9 Å². The zero-order valence-electron chi connectivity index (χ0n) is 20.1. The number of benzene rings is 2. The second-order valence-corrected chi connectivity index (χ2v) is 9.78. The van der Waals surface area contributed by atoms with E-state index in [1.165, 1.54) is 18.6 Å². The van der Waals surface area contributed by atoms with Crippen molar-refractivity contribution in [3.8, 4) is 33.2 Å². The van der Waals surface area contributed by atoms with Crippen LogP contribution in [0.1, 0.15) is 10.4 Å². The summed E-state index contributed by atoms with van der Waals surface area (Å²) in [6.45, 7) is 0. The van der Waals surface area contributed by atoms with E-state index in [1.807, 2.05) is 41.8 Å². The third kappa shape index (κ3) is 4.03. The van der Waals surface area contributed by atoms with Gasteiger partial charge in [-0.2, -0.15) is 5.10 Å². The lowest BCUT2D eigenvalue weighted by molar-refractivity contribution is 0.102. The molecule has 10 heteroatoms. The fourth-order valence-electron chi connectivity index (χ4n) is 4.55. The molecular formula is C29H18FN7OS. The third-order valence-electron chi connectivity index (χ3n) is 6.37. The molecule has 1 amide bonds. The molecule has 0 spiro atoms. The average Bonchev–Trinajstić information content (AvgIpc) is 3.73. The van der Waals surface area contributed by atoms with Gasteiger partial charge < -0.3 is 10.3 Å². The summed E-state index contributed by atoms with van der Waals surface area (Å²) in [6.07, 6.45) is 4.53. The number of anilines is 1. The van der Waals surface area contributed by atoms with E-state index in [-0.39, 0.29) is 17.0 Å². The van der Waals surface area contributed by atoms with Gasteiger partial charge in [-0.25, -0.2) is 9.37 Å². The van der Waals surface area contributed by atoms with Crippen molar-refractivity contribution in [3.63, 3.8) is 0 Å².